The number of hydrogen-bond donors (Lipinski definition) is 0. The Labute approximate surface area is 225 Å². The molecular weight excluding hydrogens is 599 g/mol. The van der Waals surface area contributed by atoms with Crippen molar-refractivity contribution in [1.29, 1.82) is 0 Å². The SMILES string of the molecule is CCOc1cc(/C=C2\N=C(c3ccc([N+](=O)[O-])c(C)c3)OC2=O)cc(I)c1OCc1cccc(Cl)c1. The average molecular weight is 619 g/mol. The third kappa shape index (κ3) is 5.85. The first kappa shape index (κ1) is 25.6. The normalized spacial score (nSPS) is 13.9. The van der Waals surface area contributed by atoms with Crippen LogP contribution in [0.2, 0.25) is 5.02 Å². The standard InChI is InChI=1S/C26H20ClIN2O6/c1-3-34-23-13-17(11-20(28)24(23)35-14-16-5-4-6-19(27)10-16)12-21-26(31)36-25(29-21)18-7-8-22(30(32)33)15(2)9-18/h4-13H,3,14H2,1-2H3/b21-12-. The molecule has 0 saturated carbocycles. The first-order valence-corrected chi connectivity index (χ1v) is 12.3. The van der Waals surface area contributed by atoms with Gasteiger partial charge in [0, 0.05) is 22.2 Å². The molecule has 0 N–H and O–H groups in total. The van der Waals surface area contributed by atoms with Crippen molar-refractivity contribution in [3.8, 4) is 11.5 Å². The van der Waals surface area contributed by atoms with E-state index in [2.05, 4.69) is 27.6 Å². The molecule has 3 aromatic carbocycles. The summed E-state index contributed by atoms with van der Waals surface area (Å²) in [6.45, 7) is 4.22. The largest absolute Gasteiger partial charge is 0.490 e. The van der Waals surface area contributed by atoms with E-state index < -0.39 is 10.9 Å². The van der Waals surface area contributed by atoms with E-state index in [9.17, 15) is 14.9 Å². The molecule has 1 aliphatic heterocycles. The van der Waals surface area contributed by atoms with Gasteiger partial charge in [0.1, 0.15) is 6.61 Å². The Kier molecular flexibility index (Phi) is 7.90. The Morgan fingerprint density at radius 1 is 1.17 bits per heavy atom. The highest BCUT2D eigenvalue weighted by Crippen LogP contribution is 2.36. The van der Waals surface area contributed by atoms with Crippen molar-refractivity contribution < 1.29 is 23.9 Å². The summed E-state index contributed by atoms with van der Waals surface area (Å²) in [6.07, 6.45) is 1.60. The fraction of sp³-hybridized carbons (Fsp3) is 0.154. The van der Waals surface area contributed by atoms with Crippen LogP contribution in [0.3, 0.4) is 0 Å². The number of aliphatic imine (C=N–C) groups is 1. The maximum absolute atomic E-state index is 12.5. The zero-order valence-corrected chi connectivity index (χ0v) is 22.2. The minimum absolute atomic E-state index is 0.0184. The van der Waals surface area contributed by atoms with Gasteiger partial charge in [0.2, 0.25) is 5.90 Å². The quantitative estimate of drug-likeness (QED) is 0.0942. The number of hydrogen-bond acceptors (Lipinski definition) is 7. The van der Waals surface area contributed by atoms with E-state index in [4.69, 9.17) is 25.8 Å². The molecular formula is C26H20ClIN2O6. The van der Waals surface area contributed by atoms with Crippen LogP contribution in [0.5, 0.6) is 11.5 Å². The predicted molar refractivity (Wildman–Crippen MR) is 145 cm³/mol. The first-order chi connectivity index (χ1) is 17.2. The van der Waals surface area contributed by atoms with Crippen LogP contribution in [0.4, 0.5) is 5.69 Å². The molecule has 4 rings (SSSR count). The molecule has 0 aliphatic carbocycles. The lowest BCUT2D eigenvalue weighted by Crippen LogP contribution is -2.06. The van der Waals surface area contributed by atoms with E-state index in [0.29, 0.717) is 46.4 Å². The summed E-state index contributed by atoms with van der Waals surface area (Å²) in [5.41, 5.74) is 2.60. The van der Waals surface area contributed by atoms with Crippen molar-refractivity contribution in [3.63, 3.8) is 0 Å². The molecule has 10 heteroatoms. The molecule has 0 fully saturated rings. The molecule has 36 heavy (non-hydrogen) atoms. The Balaban J connectivity index is 1.61. The second-order valence-corrected chi connectivity index (χ2v) is 9.37. The summed E-state index contributed by atoms with van der Waals surface area (Å²) in [5, 5.41) is 11.7. The summed E-state index contributed by atoms with van der Waals surface area (Å²) in [4.78, 5) is 27.4. The average Bonchev–Trinajstić information content (AvgIpc) is 3.18. The molecule has 0 atom stereocenters. The lowest BCUT2D eigenvalue weighted by Gasteiger charge is -2.15. The number of carbonyl (C=O) groups excluding carboxylic acids is 1. The van der Waals surface area contributed by atoms with Gasteiger partial charge in [0.15, 0.2) is 17.2 Å². The minimum Gasteiger partial charge on any atom is -0.490 e. The fourth-order valence-corrected chi connectivity index (χ4v) is 4.53. The summed E-state index contributed by atoms with van der Waals surface area (Å²) < 4.78 is 18.0. The van der Waals surface area contributed by atoms with Crippen LogP contribution in [0.15, 0.2) is 65.3 Å². The highest BCUT2D eigenvalue weighted by atomic mass is 127. The number of benzene rings is 3. The number of nitro benzene ring substituents is 1. The van der Waals surface area contributed by atoms with Crippen LogP contribution in [0.1, 0.15) is 29.2 Å². The Hall–Kier alpha value is -3.44. The van der Waals surface area contributed by atoms with E-state index in [0.717, 1.165) is 9.13 Å². The summed E-state index contributed by atoms with van der Waals surface area (Å²) in [5.74, 6) is 0.583. The van der Waals surface area contributed by atoms with Crippen LogP contribution >= 0.6 is 34.2 Å². The molecule has 0 unspecified atom stereocenters. The molecule has 3 aromatic rings. The second kappa shape index (κ2) is 11.1. The van der Waals surface area contributed by atoms with Gasteiger partial charge in [-0.2, -0.15) is 0 Å². The molecule has 0 radical (unpaired) electrons. The number of nitro groups is 1. The molecule has 0 spiro atoms. The lowest BCUT2D eigenvalue weighted by atomic mass is 10.1. The van der Waals surface area contributed by atoms with Gasteiger partial charge >= 0.3 is 5.97 Å². The van der Waals surface area contributed by atoms with Crippen molar-refractivity contribution in [2.24, 2.45) is 4.99 Å². The Morgan fingerprint density at radius 2 is 1.97 bits per heavy atom. The lowest BCUT2D eigenvalue weighted by molar-refractivity contribution is -0.385. The van der Waals surface area contributed by atoms with Crippen molar-refractivity contribution in [1.82, 2.24) is 0 Å². The number of ether oxygens (including phenoxy) is 3. The Morgan fingerprint density at radius 3 is 2.67 bits per heavy atom. The molecule has 0 aromatic heterocycles. The summed E-state index contributed by atoms with van der Waals surface area (Å²) in [7, 11) is 0. The van der Waals surface area contributed by atoms with E-state index in [1.165, 1.54) is 12.1 Å². The molecule has 1 aliphatic rings. The van der Waals surface area contributed by atoms with Crippen molar-refractivity contribution in [2.75, 3.05) is 6.61 Å². The van der Waals surface area contributed by atoms with E-state index >= 15 is 0 Å². The van der Waals surface area contributed by atoms with E-state index in [1.807, 2.05) is 31.2 Å². The number of halogens is 2. The summed E-state index contributed by atoms with van der Waals surface area (Å²) in [6, 6.07) is 15.5. The third-order valence-corrected chi connectivity index (χ3v) is 6.20. The molecule has 184 valence electrons. The van der Waals surface area contributed by atoms with Gasteiger partial charge < -0.3 is 14.2 Å². The second-order valence-electron chi connectivity index (χ2n) is 7.78. The van der Waals surface area contributed by atoms with Gasteiger partial charge in [-0.3, -0.25) is 10.1 Å². The van der Waals surface area contributed by atoms with Crippen LogP contribution in [-0.2, 0) is 16.1 Å². The molecule has 0 saturated heterocycles. The number of carbonyl (C=O) groups is 1. The highest BCUT2D eigenvalue weighted by Gasteiger charge is 2.26. The zero-order valence-electron chi connectivity index (χ0n) is 19.3. The minimum atomic E-state index is -0.616. The van der Waals surface area contributed by atoms with Gasteiger partial charge in [-0.05, 0) is 90.0 Å². The molecule has 0 amide bonds. The number of esters is 1. The van der Waals surface area contributed by atoms with Crippen LogP contribution in [0, 0.1) is 20.6 Å². The van der Waals surface area contributed by atoms with Crippen molar-refractivity contribution in [2.45, 2.75) is 20.5 Å². The topological polar surface area (TPSA) is 100 Å². The van der Waals surface area contributed by atoms with Crippen molar-refractivity contribution >= 4 is 57.8 Å². The first-order valence-electron chi connectivity index (χ1n) is 10.9. The van der Waals surface area contributed by atoms with Crippen molar-refractivity contribution in [3.05, 3.63) is 101 Å². The van der Waals surface area contributed by atoms with Gasteiger partial charge in [0.25, 0.3) is 5.69 Å². The number of nitrogens with zero attached hydrogens (tertiary/aromatic N) is 2. The van der Waals surface area contributed by atoms with Gasteiger partial charge in [0.05, 0.1) is 15.1 Å². The van der Waals surface area contributed by atoms with E-state index in [-0.39, 0.29) is 17.3 Å². The maximum Gasteiger partial charge on any atom is 0.363 e. The van der Waals surface area contributed by atoms with Gasteiger partial charge in [-0.15, -0.1) is 0 Å². The van der Waals surface area contributed by atoms with Gasteiger partial charge in [-0.1, -0.05) is 23.7 Å². The van der Waals surface area contributed by atoms with Gasteiger partial charge in [-0.25, -0.2) is 9.79 Å². The fourth-order valence-electron chi connectivity index (χ4n) is 3.54. The summed E-state index contributed by atoms with van der Waals surface area (Å²) >= 11 is 8.22. The molecule has 1 heterocycles. The molecule has 0 bridgehead atoms. The van der Waals surface area contributed by atoms with Crippen LogP contribution in [0.25, 0.3) is 6.08 Å². The predicted octanol–water partition coefficient (Wildman–Crippen LogP) is 6.48. The molecule has 8 nitrogen and oxygen atoms in total. The monoisotopic (exact) mass is 618 g/mol. The van der Waals surface area contributed by atoms with Crippen LogP contribution < -0.4 is 9.47 Å². The number of cyclic esters (lactones) is 1. The number of rotatable bonds is 8. The Bertz CT molecular complexity index is 1420. The van der Waals surface area contributed by atoms with E-state index in [1.54, 1.807) is 31.2 Å². The smallest absolute Gasteiger partial charge is 0.363 e. The van der Waals surface area contributed by atoms with Crippen LogP contribution in [-0.4, -0.2) is 23.4 Å². The number of aryl methyl sites for hydroxylation is 1. The zero-order chi connectivity index (χ0) is 25.8. The highest BCUT2D eigenvalue weighted by molar-refractivity contribution is 14.1. The maximum atomic E-state index is 12.5. The third-order valence-electron chi connectivity index (χ3n) is 5.17.